The van der Waals surface area contributed by atoms with Gasteiger partial charge in [0.2, 0.25) is 5.95 Å². The Morgan fingerprint density at radius 3 is 2.68 bits per heavy atom. The Hall–Kier alpha value is -2.25. The van der Waals surface area contributed by atoms with Gasteiger partial charge >= 0.3 is 0 Å². The number of nitrogens with one attached hydrogen (secondary N) is 2. The third-order valence-corrected chi connectivity index (χ3v) is 5.19. The molecule has 1 fully saturated rings. The van der Waals surface area contributed by atoms with Crippen molar-refractivity contribution in [3.05, 3.63) is 30.0 Å². The number of hydrogen-bond acceptors (Lipinski definition) is 6. The number of carbonyl (C=O) groups is 1. The van der Waals surface area contributed by atoms with E-state index < -0.39 is 0 Å². The maximum atomic E-state index is 12.6. The zero-order valence-corrected chi connectivity index (χ0v) is 16.6. The third-order valence-electron chi connectivity index (χ3n) is 5.19. The second kappa shape index (κ2) is 9.30. The first-order valence-corrected chi connectivity index (χ1v) is 10.1. The van der Waals surface area contributed by atoms with E-state index in [1.165, 1.54) is 0 Å². The Kier molecular flexibility index (Phi) is 6.80. The first kappa shape index (κ1) is 20.5. The van der Waals surface area contributed by atoms with Crippen molar-refractivity contribution in [1.29, 1.82) is 0 Å². The SMILES string of the molecule is CC(C)C[C@@H](CO)NC(=O)c1ccc2cnc(N[C@H]3CC[C@H](O)CC3)nc2c1. The first-order chi connectivity index (χ1) is 13.4. The summed E-state index contributed by atoms with van der Waals surface area (Å²) in [4.78, 5) is 21.5. The van der Waals surface area contributed by atoms with E-state index in [1.54, 1.807) is 18.3 Å². The van der Waals surface area contributed by atoms with E-state index in [2.05, 4.69) is 34.4 Å². The van der Waals surface area contributed by atoms with Crippen molar-refractivity contribution in [3.8, 4) is 0 Å². The highest BCUT2D eigenvalue weighted by Crippen LogP contribution is 2.22. The Labute approximate surface area is 165 Å². The number of anilines is 1. The monoisotopic (exact) mass is 386 g/mol. The van der Waals surface area contributed by atoms with Gasteiger partial charge in [-0.1, -0.05) is 19.9 Å². The second-order valence-corrected chi connectivity index (χ2v) is 8.10. The van der Waals surface area contributed by atoms with Crippen LogP contribution in [0.15, 0.2) is 24.4 Å². The van der Waals surface area contributed by atoms with E-state index in [1.807, 2.05) is 6.07 Å². The van der Waals surface area contributed by atoms with Crippen LogP contribution in [0.1, 0.15) is 56.3 Å². The van der Waals surface area contributed by atoms with E-state index in [0.29, 0.717) is 22.9 Å². The highest BCUT2D eigenvalue weighted by Gasteiger charge is 2.20. The summed E-state index contributed by atoms with van der Waals surface area (Å²) in [7, 11) is 0. The van der Waals surface area contributed by atoms with Crippen molar-refractivity contribution in [2.45, 2.75) is 64.1 Å². The van der Waals surface area contributed by atoms with Gasteiger partial charge in [0.15, 0.2) is 0 Å². The van der Waals surface area contributed by atoms with Crippen LogP contribution in [0, 0.1) is 5.92 Å². The van der Waals surface area contributed by atoms with Crippen LogP contribution in [0.5, 0.6) is 0 Å². The fraction of sp³-hybridized carbons (Fsp3) is 0.571. The van der Waals surface area contributed by atoms with Crippen molar-refractivity contribution in [1.82, 2.24) is 15.3 Å². The van der Waals surface area contributed by atoms with Crippen LogP contribution in [0.2, 0.25) is 0 Å². The van der Waals surface area contributed by atoms with Gasteiger partial charge in [-0.3, -0.25) is 4.79 Å². The number of amides is 1. The molecule has 2 aromatic rings. The largest absolute Gasteiger partial charge is 0.394 e. The van der Waals surface area contributed by atoms with Gasteiger partial charge in [-0.25, -0.2) is 9.97 Å². The first-order valence-electron chi connectivity index (χ1n) is 10.1. The van der Waals surface area contributed by atoms with Crippen molar-refractivity contribution in [2.24, 2.45) is 5.92 Å². The molecule has 1 aromatic carbocycles. The summed E-state index contributed by atoms with van der Waals surface area (Å²) < 4.78 is 0. The normalized spacial score (nSPS) is 20.9. The molecular weight excluding hydrogens is 356 g/mol. The molecule has 0 aliphatic heterocycles. The van der Waals surface area contributed by atoms with Gasteiger partial charge in [-0.05, 0) is 50.2 Å². The molecule has 1 atom stereocenters. The molecular formula is C21H30N4O3. The summed E-state index contributed by atoms with van der Waals surface area (Å²) in [6.07, 6.45) is 5.64. The number of aliphatic hydroxyl groups excluding tert-OH is 2. The van der Waals surface area contributed by atoms with Crippen molar-refractivity contribution >= 4 is 22.8 Å². The van der Waals surface area contributed by atoms with Gasteiger partial charge in [0, 0.05) is 23.2 Å². The number of carbonyl (C=O) groups excluding carboxylic acids is 1. The zero-order chi connectivity index (χ0) is 20.1. The number of aliphatic hydroxyl groups is 2. The zero-order valence-electron chi connectivity index (χ0n) is 16.6. The standard InChI is InChI=1S/C21H30N4O3/c1-13(2)9-17(12-26)23-20(28)14-3-4-15-11-22-21(25-19(15)10-14)24-16-5-7-18(27)8-6-16/h3-4,10-11,13,16-18,26-27H,5-9,12H2,1-2H3,(H,23,28)(H,22,24,25)/t16-,17-,18-/m0/s1. The van der Waals surface area contributed by atoms with Crippen molar-refractivity contribution in [2.75, 3.05) is 11.9 Å². The molecule has 28 heavy (non-hydrogen) atoms. The van der Waals surface area contributed by atoms with E-state index in [4.69, 9.17) is 0 Å². The number of fused-ring (bicyclic) bond motifs is 1. The van der Waals surface area contributed by atoms with Gasteiger partial charge in [-0.15, -0.1) is 0 Å². The van der Waals surface area contributed by atoms with Gasteiger partial charge < -0.3 is 20.8 Å². The van der Waals surface area contributed by atoms with Crippen LogP contribution in [0.3, 0.4) is 0 Å². The molecule has 0 radical (unpaired) electrons. The minimum Gasteiger partial charge on any atom is -0.394 e. The minimum atomic E-state index is -0.257. The quantitative estimate of drug-likeness (QED) is 0.582. The molecule has 0 bridgehead atoms. The summed E-state index contributed by atoms with van der Waals surface area (Å²) in [5.41, 5.74) is 1.21. The van der Waals surface area contributed by atoms with Gasteiger partial charge in [-0.2, -0.15) is 0 Å². The van der Waals surface area contributed by atoms with E-state index >= 15 is 0 Å². The summed E-state index contributed by atoms with van der Waals surface area (Å²) in [6, 6.07) is 5.34. The van der Waals surface area contributed by atoms with Crippen LogP contribution in [0.4, 0.5) is 5.95 Å². The van der Waals surface area contributed by atoms with E-state index in [-0.39, 0.29) is 30.7 Å². The average molecular weight is 386 g/mol. The highest BCUT2D eigenvalue weighted by molar-refractivity contribution is 5.97. The minimum absolute atomic E-state index is 0.0795. The second-order valence-electron chi connectivity index (χ2n) is 8.10. The third kappa shape index (κ3) is 5.39. The fourth-order valence-corrected chi connectivity index (χ4v) is 3.65. The molecule has 7 nitrogen and oxygen atoms in total. The number of nitrogens with zero attached hydrogens (tertiary/aromatic N) is 2. The van der Waals surface area contributed by atoms with E-state index in [0.717, 1.165) is 37.5 Å². The average Bonchev–Trinajstić information content (AvgIpc) is 2.68. The molecule has 1 aromatic heterocycles. The maximum absolute atomic E-state index is 12.6. The molecule has 1 aliphatic carbocycles. The molecule has 0 unspecified atom stereocenters. The summed E-state index contributed by atoms with van der Waals surface area (Å²) in [5.74, 6) is 0.715. The van der Waals surface area contributed by atoms with Crippen LogP contribution in [0.25, 0.3) is 10.9 Å². The Morgan fingerprint density at radius 1 is 1.25 bits per heavy atom. The lowest BCUT2D eigenvalue weighted by Gasteiger charge is -2.26. The summed E-state index contributed by atoms with van der Waals surface area (Å²) in [6.45, 7) is 4.04. The predicted molar refractivity (Wildman–Crippen MR) is 109 cm³/mol. The number of rotatable bonds is 7. The molecule has 1 saturated carbocycles. The van der Waals surface area contributed by atoms with Crippen molar-refractivity contribution in [3.63, 3.8) is 0 Å². The molecule has 1 aliphatic rings. The number of hydrogen-bond donors (Lipinski definition) is 4. The number of benzene rings is 1. The van der Waals surface area contributed by atoms with Crippen LogP contribution in [-0.4, -0.2) is 50.9 Å². The lowest BCUT2D eigenvalue weighted by atomic mass is 9.93. The highest BCUT2D eigenvalue weighted by atomic mass is 16.3. The smallest absolute Gasteiger partial charge is 0.251 e. The van der Waals surface area contributed by atoms with Crippen LogP contribution < -0.4 is 10.6 Å². The molecule has 0 saturated heterocycles. The fourth-order valence-electron chi connectivity index (χ4n) is 3.65. The molecule has 7 heteroatoms. The Bertz CT molecular complexity index is 803. The maximum Gasteiger partial charge on any atom is 0.251 e. The van der Waals surface area contributed by atoms with Crippen LogP contribution in [-0.2, 0) is 0 Å². The van der Waals surface area contributed by atoms with E-state index in [9.17, 15) is 15.0 Å². The predicted octanol–water partition coefficient (Wildman–Crippen LogP) is 2.48. The summed E-state index contributed by atoms with van der Waals surface area (Å²) in [5, 5.41) is 26.2. The van der Waals surface area contributed by atoms with Gasteiger partial charge in [0.05, 0.1) is 24.3 Å². The molecule has 152 valence electrons. The van der Waals surface area contributed by atoms with Crippen LogP contribution >= 0.6 is 0 Å². The van der Waals surface area contributed by atoms with Gasteiger partial charge in [0.1, 0.15) is 0 Å². The molecule has 4 N–H and O–H groups in total. The molecule has 0 spiro atoms. The summed E-state index contributed by atoms with van der Waals surface area (Å²) >= 11 is 0. The lowest BCUT2D eigenvalue weighted by molar-refractivity contribution is 0.0908. The molecule has 3 rings (SSSR count). The molecule has 1 amide bonds. The Balaban J connectivity index is 1.71. The Morgan fingerprint density at radius 2 is 2.00 bits per heavy atom. The van der Waals surface area contributed by atoms with Crippen molar-refractivity contribution < 1.29 is 15.0 Å². The number of aromatic nitrogens is 2. The topological polar surface area (TPSA) is 107 Å². The lowest BCUT2D eigenvalue weighted by Crippen LogP contribution is -2.38. The molecule has 1 heterocycles. The van der Waals surface area contributed by atoms with Gasteiger partial charge in [0.25, 0.3) is 5.91 Å².